The highest BCUT2D eigenvalue weighted by Crippen LogP contribution is 2.18. The Labute approximate surface area is 66.1 Å². The molecule has 0 saturated heterocycles. The van der Waals surface area contributed by atoms with Crippen LogP contribution in [0.4, 0.5) is 0 Å². The van der Waals surface area contributed by atoms with E-state index in [4.69, 9.17) is 0 Å². The second-order valence-corrected chi connectivity index (χ2v) is 3.63. The molecule has 1 aromatic rings. The van der Waals surface area contributed by atoms with Gasteiger partial charge in [-0.3, -0.25) is 0 Å². The highest BCUT2D eigenvalue weighted by molar-refractivity contribution is 7.11. The normalized spacial score (nSPS) is 10.3. The van der Waals surface area contributed by atoms with Crippen molar-refractivity contribution in [3.8, 4) is 0 Å². The highest BCUT2D eigenvalue weighted by atomic mass is 32.1. The fourth-order valence-corrected chi connectivity index (χ4v) is 1.94. The van der Waals surface area contributed by atoms with Crippen LogP contribution >= 0.6 is 11.3 Å². The zero-order valence-electron chi connectivity index (χ0n) is 6.48. The van der Waals surface area contributed by atoms with E-state index in [-0.39, 0.29) is 0 Å². The first-order chi connectivity index (χ1) is 4.74. The summed E-state index contributed by atoms with van der Waals surface area (Å²) in [5.74, 6) is 0. The summed E-state index contributed by atoms with van der Waals surface area (Å²) in [7, 11) is 0. The summed E-state index contributed by atoms with van der Waals surface area (Å²) in [4.78, 5) is 5.72. The zero-order valence-corrected chi connectivity index (χ0v) is 7.29. The average molecular weight is 154 g/mol. The largest absolute Gasteiger partial charge is 0.247 e. The first-order valence-electron chi connectivity index (χ1n) is 3.46. The summed E-state index contributed by atoms with van der Waals surface area (Å²) in [6, 6.07) is 0. The van der Waals surface area contributed by atoms with Crippen molar-refractivity contribution < 1.29 is 0 Å². The Kier molecular flexibility index (Phi) is 2.44. The number of nitrogens with zero attached hydrogens (tertiary/aromatic N) is 1. The van der Waals surface area contributed by atoms with Crippen LogP contribution in [-0.2, 0) is 6.42 Å². The molecule has 55 valence electrons. The molecule has 0 aliphatic heterocycles. The maximum atomic E-state index is 4.32. The maximum Gasteiger partial charge on any atom is 0.0900 e. The monoisotopic (exact) mass is 154 g/mol. The molecule has 0 N–H and O–H groups in total. The summed E-state index contributed by atoms with van der Waals surface area (Å²) in [6.45, 7) is 7.92. The molecule has 0 amide bonds. The van der Waals surface area contributed by atoms with Crippen molar-refractivity contribution in [2.75, 3.05) is 0 Å². The van der Waals surface area contributed by atoms with Crippen LogP contribution in [0.3, 0.4) is 0 Å². The number of aryl methyl sites for hydroxylation is 3. The van der Waals surface area contributed by atoms with Gasteiger partial charge in [0.15, 0.2) is 0 Å². The van der Waals surface area contributed by atoms with Crippen LogP contribution in [-0.4, -0.2) is 4.98 Å². The van der Waals surface area contributed by atoms with E-state index in [1.165, 1.54) is 15.6 Å². The van der Waals surface area contributed by atoms with Gasteiger partial charge in [-0.05, 0) is 26.7 Å². The van der Waals surface area contributed by atoms with Gasteiger partial charge in [0, 0.05) is 4.88 Å². The highest BCUT2D eigenvalue weighted by Gasteiger charge is 2.01. The molecule has 0 aliphatic rings. The predicted octanol–water partition coefficient (Wildman–Crippen LogP) is 2.53. The number of hydrogen-bond acceptors (Lipinski definition) is 2. The van der Waals surface area contributed by atoms with Crippen LogP contribution in [0.1, 0.15) is 22.0 Å². The Hall–Kier alpha value is -0.370. The lowest BCUT2D eigenvalue weighted by Crippen LogP contribution is -1.81. The topological polar surface area (TPSA) is 12.9 Å². The second kappa shape index (κ2) is 3.15. The van der Waals surface area contributed by atoms with Gasteiger partial charge in [0.25, 0.3) is 0 Å². The van der Waals surface area contributed by atoms with Gasteiger partial charge in [0.2, 0.25) is 0 Å². The number of rotatable bonds is 2. The number of thiazole rings is 1. The average Bonchev–Trinajstić information content (AvgIpc) is 2.13. The van der Waals surface area contributed by atoms with Gasteiger partial charge in [0.1, 0.15) is 0 Å². The van der Waals surface area contributed by atoms with Gasteiger partial charge in [-0.2, -0.15) is 0 Å². The minimum absolute atomic E-state index is 0.975. The number of hydrogen-bond donors (Lipinski definition) is 0. The molecule has 0 fully saturated rings. The van der Waals surface area contributed by atoms with E-state index in [1.54, 1.807) is 11.3 Å². The smallest absolute Gasteiger partial charge is 0.0900 e. The van der Waals surface area contributed by atoms with Crippen molar-refractivity contribution in [1.82, 2.24) is 4.98 Å². The van der Waals surface area contributed by atoms with Crippen LogP contribution in [0.2, 0.25) is 0 Å². The molecular weight excluding hydrogens is 142 g/mol. The molecule has 1 radical (unpaired) electrons. The maximum absolute atomic E-state index is 4.32. The number of aromatic nitrogens is 1. The van der Waals surface area contributed by atoms with E-state index in [2.05, 4.69) is 18.8 Å². The third kappa shape index (κ3) is 1.57. The molecule has 0 atom stereocenters. The fraction of sp³-hybridized carbons (Fsp3) is 0.500. The first-order valence-corrected chi connectivity index (χ1v) is 4.28. The molecule has 0 saturated carbocycles. The zero-order chi connectivity index (χ0) is 7.56. The van der Waals surface area contributed by atoms with Crippen LogP contribution in [0, 0.1) is 20.8 Å². The van der Waals surface area contributed by atoms with E-state index >= 15 is 0 Å². The fourth-order valence-electron chi connectivity index (χ4n) is 0.966. The third-order valence-corrected chi connectivity index (χ3v) is 2.54. The second-order valence-electron chi connectivity index (χ2n) is 2.35. The van der Waals surface area contributed by atoms with Crippen molar-refractivity contribution in [2.24, 2.45) is 0 Å². The Bertz CT molecular complexity index is 215. The van der Waals surface area contributed by atoms with Crippen molar-refractivity contribution in [2.45, 2.75) is 26.7 Å². The lowest BCUT2D eigenvalue weighted by molar-refractivity contribution is 0.997. The summed E-state index contributed by atoms with van der Waals surface area (Å²) < 4.78 is 0. The molecule has 0 bridgehead atoms. The Morgan fingerprint density at radius 1 is 1.50 bits per heavy atom. The minimum atomic E-state index is 0.975. The molecular formula is C8H12NS. The van der Waals surface area contributed by atoms with Gasteiger partial charge in [-0.1, -0.05) is 6.92 Å². The molecule has 1 aromatic heterocycles. The Morgan fingerprint density at radius 3 is 2.60 bits per heavy atom. The quantitative estimate of drug-likeness (QED) is 0.638. The van der Waals surface area contributed by atoms with Gasteiger partial charge in [-0.15, -0.1) is 11.3 Å². The molecule has 10 heavy (non-hydrogen) atoms. The predicted molar refractivity (Wildman–Crippen MR) is 45.3 cm³/mol. The summed E-state index contributed by atoms with van der Waals surface area (Å²) in [5, 5.41) is 1.17. The van der Waals surface area contributed by atoms with Gasteiger partial charge in [0.05, 0.1) is 10.7 Å². The van der Waals surface area contributed by atoms with Crippen LogP contribution in [0.25, 0.3) is 0 Å². The van der Waals surface area contributed by atoms with Crippen molar-refractivity contribution in [3.05, 3.63) is 22.5 Å². The van der Waals surface area contributed by atoms with E-state index < -0.39 is 0 Å². The Morgan fingerprint density at radius 2 is 2.20 bits per heavy atom. The summed E-state index contributed by atoms with van der Waals surface area (Å²) in [6.07, 6.45) is 2.06. The lowest BCUT2D eigenvalue weighted by atomic mass is 10.2. The SMILES string of the molecule is [CH2]CCc1sc(C)nc1C. The van der Waals surface area contributed by atoms with E-state index in [9.17, 15) is 0 Å². The Balaban J connectivity index is 2.81. The van der Waals surface area contributed by atoms with Crippen molar-refractivity contribution in [3.63, 3.8) is 0 Å². The molecule has 1 heterocycles. The molecule has 1 nitrogen and oxygen atoms in total. The van der Waals surface area contributed by atoms with Crippen LogP contribution in [0.15, 0.2) is 0 Å². The standard InChI is InChI=1S/C8H12NS/c1-4-5-8-6(2)9-7(3)10-8/h1,4-5H2,2-3H3. The third-order valence-electron chi connectivity index (χ3n) is 1.40. The molecule has 0 spiro atoms. The first kappa shape index (κ1) is 7.73. The molecule has 0 aliphatic carbocycles. The minimum Gasteiger partial charge on any atom is -0.247 e. The van der Waals surface area contributed by atoms with Crippen LogP contribution < -0.4 is 0 Å². The summed E-state index contributed by atoms with van der Waals surface area (Å²) in [5.41, 5.74) is 1.19. The molecule has 0 aromatic carbocycles. The molecule has 0 unspecified atom stereocenters. The van der Waals surface area contributed by atoms with Crippen molar-refractivity contribution >= 4 is 11.3 Å². The molecule has 2 heteroatoms. The van der Waals surface area contributed by atoms with E-state index in [0.717, 1.165) is 12.8 Å². The van der Waals surface area contributed by atoms with Crippen LogP contribution in [0.5, 0.6) is 0 Å². The summed E-state index contributed by atoms with van der Waals surface area (Å²) >= 11 is 1.79. The van der Waals surface area contributed by atoms with Gasteiger partial charge >= 0.3 is 0 Å². The van der Waals surface area contributed by atoms with E-state index in [1.807, 2.05) is 6.92 Å². The van der Waals surface area contributed by atoms with Gasteiger partial charge in [-0.25, -0.2) is 4.98 Å². The van der Waals surface area contributed by atoms with Crippen molar-refractivity contribution in [1.29, 1.82) is 0 Å². The molecule has 1 rings (SSSR count). The van der Waals surface area contributed by atoms with Gasteiger partial charge < -0.3 is 0 Å². The van der Waals surface area contributed by atoms with E-state index in [0.29, 0.717) is 0 Å². The lowest BCUT2D eigenvalue weighted by Gasteiger charge is -1.90.